The average molecular weight is 180 g/mol. The van der Waals surface area contributed by atoms with Gasteiger partial charge >= 0.3 is 5.97 Å². The molecule has 5 atom stereocenters. The standard InChI is InChI=1S/C11H16O2/c1-2-8-9-6-3-4-7(5-6)10(9)11(12)13-8/h6-10H,2-5H2,1H3/t6-,7+,8+,9+,10+/m1/s1. The van der Waals surface area contributed by atoms with E-state index in [1.165, 1.54) is 19.3 Å². The molecule has 2 aliphatic carbocycles. The summed E-state index contributed by atoms with van der Waals surface area (Å²) in [4.78, 5) is 11.6. The topological polar surface area (TPSA) is 26.3 Å². The first-order valence-electron chi connectivity index (χ1n) is 5.51. The molecule has 0 N–H and O–H groups in total. The molecule has 1 saturated heterocycles. The lowest BCUT2D eigenvalue weighted by Gasteiger charge is -2.23. The molecule has 0 amide bonds. The Bertz CT molecular complexity index is 248. The van der Waals surface area contributed by atoms with E-state index in [2.05, 4.69) is 6.92 Å². The largest absolute Gasteiger partial charge is 0.462 e. The van der Waals surface area contributed by atoms with Gasteiger partial charge in [0.2, 0.25) is 0 Å². The van der Waals surface area contributed by atoms with Gasteiger partial charge in [-0.3, -0.25) is 4.79 Å². The molecule has 3 aliphatic rings. The number of hydrogen-bond acceptors (Lipinski definition) is 2. The number of esters is 1. The van der Waals surface area contributed by atoms with Gasteiger partial charge in [-0.15, -0.1) is 0 Å². The van der Waals surface area contributed by atoms with Gasteiger partial charge in [-0.2, -0.15) is 0 Å². The molecule has 1 heterocycles. The summed E-state index contributed by atoms with van der Waals surface area (Å²) in [7, 11) is 0. The van der Waals surface area contributed by atoms with Crippen LogP contribution in [-0.2, 0) is 9.53 Å². The summed E-state index contributed by atoms with van der Waals surface area (Å²) in [5.74, 6) is 2.49. The molecule has 0 radical (unpaired) electrons. The first kappa shape index (κ1) is 7.84. The van der Waals surface area contributed by atoms with Crippen molar-refractivity contribution < 1.29 is 9.53 Å². The van der Waals surface area contributed by atoms with Gasteiger partial charge in [0.25, 0.3) is 0 Å². The number of rotatable bonds is 1. The molecule has 2 saturated carbocycles. The summed E-state index contributed by atoms with van der Waals surface area (Å²) in [5, 5.41) is 0. The van der Waals surface area contributed by atoms with E-state index in [1.807, 2.05) is 0 Å². The van der Waals surface area contributed by atoms with E-state index in [0.29, 0.717) is 17.8 Å². The Morgan fingerprint density at radius 1 is 1.38 bits per heavy atom. The first-order chi connectivity index (χ1) is 6.31. The fourth-order valence-corrected chi connectivity index (χ4v) is 3.88. The van der Waals surface area contributed by atoms with Crippen LogP contribution in [0.15, 0.2) is 0 Å². The molecule has 3 rings (SSSR count). The zero-order valence-corrected chi connectivity index (χ0v) is 8.03. The molecular weight excluding hydrogens is 164 g/mol. The highest BCUT2D eigenvalue weighted by Crippen LogP contribution is 2.57. The van der Waals surface area contributed by atoms with Crippen molar-refractivity contribution >= 4 is 5.97 Å². The lowest BCUT2D eigenvalue weighted by molar-refractivity contribution is -0.145. The van der Waals surface area contributed by atoms with Crippen molar-refractivity contribution in [2.24, 2.45) is 23.7 Å². The molecular formula is C11H16O2. The van der Waals surface area contributed by atoms with E-state index in [4.69, 9.17) is 4.74 Å². The average Bonchev–Trinajstić information content (AvgIpc) is 2.76. The lowest BCUT2D eigenvalue weighted by Crippen LogP contribution is -2.26. The van der Waals surface area contributed by atoms with Crippen LogP contribution < -0.4 is 0 Å². The van der Waals surface area contributed by atoms with Gasteiger partial charge in [0, 0.05) is 5.92 Å². The monoisotopic (exact) mass is 180 g/mol. The number of cyclic esters (lactones) is 1. The summed E-state index contributed by atoms with van der Waals surface area (Å²) in [6, 6.07) is 0. The molecule has 2 heteroatoms. The maximum Gasteiger partial charge on any atom is 0.309 e. The molecule has 2 bridgehead atoms. The number of carbonyl (C=O) groups is 1. The minimum absolute atomic E-state index is 0.115. The van der Waals surface area contributed by atoms with Crippen molar-refractivity contribution in [2.45, 2.75) is 38.7 Å². The molecule has 0 unspecified atom stereocenters. The summed E-state index contributed by atoms with van der Waals surface area (Å²) in [6.07, 6.45) is 5.20. The summed E-state index contributed by atoms with van der Waals surface area (Å²) in [5.41, 5.74) is 0. The summed E-state index contributed by atoms with van der Waals surface area (Å²) in [6.45, 7) is 2.13. The Labute approximate surface area is 78.6 Å². The predicted molar refractivity (Wildman–Crippen MR) is 48.0 cm³/mol. The normalized spacial score (nSPS) is 52.4. The zero-order chi connectivity index (χ0) is 9.00. The van der Waals surface area contributed by atoms with Crippen molar-refractivity contribution in [3.05, 3.63) is 0 Å². The van der Waals surface area contributed by atoms with E-state index < -0.39 is 0 Å². The number of hydrogen-bond donors (Lipinski definition) is 0. The molecule has 72 valence electrons. The smallest absolute Gasteiger partial charge is 0.309 e. The molecule has 0 aromatic carbocycles. The van der Waals surface area contributed by atoms with Gasteiger partial charge in [-0.25, -0.2) is 0 Å². The van der Waals surface area contributed by atoms with Gasteiger partial charge in [0.05, 0.1) is 5.92 Å². The van der Waals surface area contributed by atoms with Crippen molar-refractivity contribution in [1.29, 1.82) is 0 Å². The third-order valence-corrected chi connectivity index (χ3v) is 4.35. The van der Waals surface area contributed by atoms with E-state index in [-0.39, 0.29) is 12.1 Å². The van der Waals surface area contributed by atoms with Crippen LogP contribution in [-0.4, -0.2) is 12.1 Å². The van der Waals surface area contributed by atoms with Crippen LogP contribution in [0.4, 0.5) is 0 Å². The van der Waals surface area contributed by atoms with Gasteiger partial charge < -0.3 is 4.74 Å². The second-order valence-corrected chi connectivity index (χ2v) is 4.82. The highest BCUT2D eigenvalue weighted by Gasteiger charge is 2.58. The Morgan fingerprint density at radius 2 is 2.15 bits per heavy atom. The van der Waals surface area contributed by atoms with E-state index in [0.717, 1.165) is 12.3 Å². The maximum atomic E-state index is 11.6. The number of fused-ring (bicyclic) bond motifs is 5. The van der Waals surface area contributed by atoms with Crippen LogP contribution >= 0.6 is 0 Å². The number of ether oxygens (including phenoxy) is 1. The van der Waals surface area contributed by atoms with Crippen molar-refractivity contribution in [2.75, 3.05) is 0 Å². The Kier molecular flexibility index (Phi) is 1.50. The molecule has 3 fully saturated rings. The molecule has 0 spiro atoms. The van der Waals surface area contributed by atoms with Crippen LogP contribution in [0.3, 0.4) is 0 Å². The second-order valence-electron chi connectivity index (χ2n) is 4.82. The van der Waals surface area contributed by atoms with Crippen LogP contribution in [0.2, 0.25) is 0 Å². The predicted octanol–water partition coefficient (Wildman–Crippen LogP) is 1.98. The Morgan fingerprint density at radius 3 is 2.92 bits per heavy atom. The minimum atomic E-state index is 0.115. The number of carbonyl (C=O) groups excluding carboxylic acids is 1. The van der Waals surface area contributed by atoms with Crippen LogP contribution in [0.5, 0.6) is 0 Å². The van der Waals surface area contributed by atoms with E-state index >= 15 is 0 Å². The first-order valence-corrected chi connectivity index (χ1v) is 5.51. The van der Waals surface area contributed by atoms with Crippen molar-refractivity contribution in [1.82, 2.24) is 0 Å². The molecule has 0 aromatic heterocycles. The minimum Gasteiger partial charge on any atom is -0.462 e. The third-order valence-electron chi connectivity index (χ3n) is 4.35. The van der Waals surface area contributed by atoms with Gasteiger partial charge in [0.15, 0.2) is 0 Å². The molecule has 2 nitrogen and oxygen atoms in total. The van der Waals surface area contributed by atoms with Gasteiger partial charge in [0.1, 0.15) is 6.10 Å². The van der Waals surface area contributed by atoms with E-state index in [9.17, 15) is 4.79 Å². The van der Waals surface area contributed by atoms with Crippen LogP contribution in [0, 0.1) is 23.7 Å². The molecule has 13 heavy (non-hydrogen) atoms. The summed E-state index contributed by atoms with van der Waals surface area (Å²) >= 11 is 0. The fraction of sp³-hybridized carbons (Fsp3) is 0.909. The fourth-order valence-electron chi connectivity index (χ4n) is 3.88. The zero-order valence-electron chi connectivity index (χ0n) is 8.03. The van der Waals surface area contributed by atoms with Crippen LogP contribution in [0.1, 0.15) is 32.6 Å². The van der Waals surface area contributed by atoms with Crippen molar-refractivity contribution in [3.8, 4) is 0 Å². The Hall–Kier alpha value is -0.530. The highest BCUT2D eigenvalue weighted by atomic mass is 16.6. The second kappa shape index (κ2) is 2.49. The third kappa shape index (κ3) is 0.866. The Balaban J connectivity index is 1.92. The SMILES string of the molecule is CC[C@@H]1OC(=O)[C@H]2[C@H]3CC[C@H](C3)[C@H]21. The molecule has 0 aromatic rings. The maximum absolute atomic E-state index is 11.6. The lowest BCUT2D eigenvalue weighted by atomic mass is 9.78. The summed E-state index contributed by atoms with van der Waals surface area (Å²) < 4.78 is 5.42. The molecule has 1 aliphatic heterocycles. The van der Waals surface area contributed by atoms with E-state index in [1.54, 1.807) is 0 Å². The highest BCUT2D eigenvalue weighted by molar-refractivity contribution is 5.76. The van der Waals surface area contributed by atoms with Crippen molar-refractivity contribution in [3.63, 3.8) is 0 Å². The van der Waals surface area contributed by atoms with Gasteiger partial charge in [-0.1, -0.05) is 6.92 Å². The quantitative estimate of drug-likeness (QED) is 0.577. The van der Waals surface area contributed by atoms with Crippen LogP contribution in [0.25, 0.3) is 0 Å². The van der Waals surface area contributed by atoms with Gasteiger partial charge in [-0.05, 0) is 37.5 Å².